The summed E-state index contributed by atoms with van der Waals surface area (Å²) in [5, 5.41) is 11.3. The fraction of sp³-hybridized carbons (Fsp3) is 0.875. The molecule has 0 aromatic rings. The van der Waals surface area contributed by atoms with Crippen molar-refractivity contribution in [1.29, 1.82) is 0 Å². The molecule has 1 rings (SSSR count). The van der Waals surface area contributed by atoms with Crippen molar-refractivity contribution in [1.82, 2.24) is 5.32 Å². The van der Waals surface area contributed by atoms with Crippen LogP contribution in [0.2, 0.25) is 0 Å². The Morgan fingerprint density at radius 3 is 2.57 bits per heavy atom. The van der Waals surface area contributed by atoms with E-state index < -0.39 is 18.1 Å². The molecule has 0 aliphatic carbocycles. The fourth-order valence-electron chi connectivity index (χ4n) is 1.62. The number of carbonyl (C=O) groups is 1. The summed E-state index contributed by atoms with van der Waals surface area (Å²) in [4.78, 5) is 10.4. The highest BCUT2D eigenvalue weighted by molar-refractivity contribution is 5.71. The lowest BCUT2D eigenvalue weighted by atomic mass is 9.98. The molecule has 0 saturated carbocycles. The number of carboxylic acid groups (broad SMARTS) is 1. The second-order valence-electron chi connectivity index (χ2n) is 3.46. The van der Waals surface area contributed by atoms with E-state index in [1.807, 2.05) is 0 Å². The molecule has 0 amide bonds. The molecule has 0 aromatic heterocycles. The standard InChI is InChI=1S/C8H12F3NO2/c9-8(10,11)6(7(13)14)4-5-2-1-3-12-5/h5-6,12H,1-4H2,(H,13,14). The van der Waals surface area contributed by atoms with Crippen LogP contribution >= 0.6 is 0 Å². The lowest BCUT2D eigenvalue weighted by Gasteiger charge is -2.19. The van der Waals surface area contributed by atoms with E-state index in [0.717, 1.165) is 6.42 Å². The Bertz CT molecular complexity index is 211. The number of carboxylic acids is 1. The summed E-state index contributed by atoms with van der Waals surface area (Å²) in [6, 6.07) is -0.308. The van der Waals surface area contributed by atoms with Crippen molar-refractivity contribution in [2.75, 3.05) is 6.54 Å². The molecule has 2 atom stereocenters. The van der Waals surface area contributed by atoms with Crippen LogP contribution in [0.1, 0.15) is 19.3 Å². The van der Waals surface area contributed by atoms with E-state index in [4.69, 9.17) is 5.11 Å². The van der Waals surface area contributed by atoms with Crippen LogP contribution in [0.15, 0.2) is 0 Å². The molecule has 2 unspecified atom stereocenters. The Morgan fingerprint density at radius 1 is 1.57 bits per heavy atom. The van der Waals surface area contributed by atoms with E-state index in [0.29, 0.717) is 13.0 Å². The first-order valence-corrected chi connectivity index (χ1v) is 4.44. The second-order valence-corrected chi connectivity index (χ2v) is 3.46. The van der Waals surface area contributed by atoms with Crippen LogP contribution in [-0.2, 0) is 4.79 Å². The number of rotatable bonds is 3. The summed E-state index contributed by atoms with van der Waals surface area (Å²) in [5.74, 6) is -4.02. The Labute approximate surface area is 79.3 Å². The van der Waals surface area contributed by atoms with Gasteiger partial charge in [-0.1, -0.05) is 0 Å². The first kappa shape index (κ1) is 11.3. The summed E-state index contributed by atoms with van der Waals surface area (Å²) in [6.07, 6.45) is -3.57. The Kier molecular flexibility index (Phi) is 3.36. The summed E-state index contributed by atoms with van der Waals surface area (Å²) >= 11 is 0. The van der Waals surface area contributed by atoms with Gasteiger partial charge in [0.15, 0.2) is 5.92 Å². The van der Waals surface area contributed by atoms with Gasteiger partial charge in [-0.05, 0) is 25.8 Å². The third kappa shape index (κ3) is 2.87. The largest absolute Gasteiger partial charge is 0.481 e. The van der Waals surface area contributed by atoms with Gasteiger partial charge in [0.25, 0.3) is 0 Å². The topological polar surface area (TPSA) is 49.3 Å². The zero-order valence-electron chi connectivity index (χ0n) is 7.47. The molecular weight excluding hydrogens is 199 g/mol. The zero-order valence-corrected chi connectivity index (χ0v) is 7.47. The fourth-order valence-corrected chi connectivity index (χ4v) is 1.62. The quantitative estimate of drug-likeness (QED) is 0.741. The number of nitrogens with one attached hydrogen (secondary N) is 1. The average molecular weight is 211 g/mol. The minimum absolute atomic E-state index is 0.308. The van der Waals surface area contributed by atoms with Gasteiger partial charge in [0, 0.05) is 6.04 Å². The first-order chi connectivity index (χ1) is 6.41. The van der Waals surface area contributed by atoms with Gasteiger partial charge in [-0.15, -0.1) is 0 Å². The summed E-state index contributed by atoms with van der Waals surface area (Å²) in [7, 11) is 0. The van der Waals surface area contributed by atoms with Crippen molar-refractivity contribution < 1.29 is 23.1 Å². The molecule has 1 aliphatic rings. The Hall–Kier alpha value is -0.780. The lowest BCUT2D eigenvalue weighted by molar-refractivity contribution is -0.195. The highest BCUT2D eigenvalue weighted by Crippen LogP contribution is 2.31. The van der Waals surface area contributed by atoms with Crippen molar-refractivity contribution in [2.45, 2.75) is 31.5 Å². The van der Waals surface area contributed by atoms with E-state index in [1.54, 1.807) is 0 Å². The molecule has 82 valence electrons. The van der Waals surface area contributed by atoms with Gasteiger partial charge in [-0.3, -0.25) is 4.79 Å². The van der Waals surface area contributed by atoms with Gasteiger partial charge in [-0.25, -0.2) is 0 Å². The maximum absolute atomic E-state index is 12.2. The molecule has 0 aromatic carbocycles. The number of hydrogen-bond donors (Lipinski definition) is 2. The van der Waals surface area contributed by atoms with Crippen molar-refractivity contribution in [3.8, 4) is 0 Å². The minimum Gasteiger partial charge on any atom is -0.481 e. The number of aliphatic carboxylic acids is 1. The molecule has 0 radical (unpaired) electrons. The molecule has 14 heavy (non-hydrogen) atoms. The Morgan fingerprint density at radius 2 is 2.21 bits per heavy atom. The third-order valence-corrected chi connectivity index (χ3v) is 2.38. The van der Waals surface area contributed by atoms with Crippen molar-refractivity contribution >= 4 is 5.97 Å². The molecule has 2 N–H and O–H groups in total. The van der Waals surface area contributed by atoms with Gasteiger partial charge >= 0.3 is 12.1 Å². The van der Waals surface area contributed by atoms with E-state index in [1.165, 1.54) is 0 Å². The molecule has 1 aliphatic heterocycles. The van der Waals surface area contributed by atoms with Crippen LogP contribution in [-0.4, -0.2) is 29.8 Å². The smallest absolute Gasteiger partial charge is 0.402 e. The van der Waals surface area contributed by atoms with E-state index in [2.05, 4.69) is 5.32 Å². The minimum atomic E-state index is -4.64. The average Bonchev–Trinajstić information content (AvgIpc) is 2.48. The summed E-state index contributed by atoms with van der Waals surface area (Å²) in [5.41, 5.74) is 0. The van der Waals surface area contributed by atoms with Crippen LogP contribution in [0.3, 0.4) is 0 Å². The van der Waals surface area contributed by atoms with E-state index in [9.17, 15) is 18.0 Å². The maximum atomic E-state index is 12.2. The van der Waals surface area contributed by atoms with E-state index in [-0.39, 0.29) is 12.5 Å². The van der Waals surface area contributed by atoms with Crippen molar-refractivity contribution in [3.63, 3.8) is 0 Å². The predicted molar refractivity (Wildman–Crippen MR) is 42.8 cm³/mol. The number of halogens is 3. The molecule has 1 heterocycles. The Balaban J connectivity index is 2.55. The van der Waals surface area contributed by atoms with Crippen molar-refractivity contribution in [2.24, 2.45) is 5.92 Å². The maximum Gasteiger partial charge on any atom is 0.402 e. The van der Waals surface area contributed by atoms with Crippen molar-refractivity contribution in [3.05, 3.63) is 0 Å². The predicted octanol–water partition coefficient (Wildman–Crippen LogP) is 1.39. The van der Waals surface area contributed by atoms with Crippen LogP contribution in [0.4, 0.5) is 13.2 Å². The van der Waals surface area contributed by atoms with Crippen LogP contribution in [0.25, 0.3) is 0 Å². The van der Waals surface area contributed by atoms with Gasteiger partial charge in [0.2, 0.25) is 0 Å². The highest BCUT2D eigenvalue weighted by atomic mass is 19.4. The normalized spacial score (nSPS) is 24.9. The van der Waals surface area contributed by atoms with Gasteiger partial charge < -0.3 is 10.4 Å². The van der Waals surface area contributed by atoms with Crippen LogP contribution < -0.4 is 5.32 Å². The second kappa shape index (κ2) is 4.16. The van der Waals surface area contributed by atoms with Crippen LogP contribution in [0.5, 0.6) is 0 Å². The third-order valence-electron chi connectivity index (χ3n) is 2.38. The van der Waals surface area contributed by atoms with Gasteiger partial charge in [-0.2, -0.15) is 13.2 Å². The lowest BCUT2D eigenvalue weighted by Crippen LogP contribution is -2.36. The van der Waals surface area contributed by atoms with Gasteiger partial charge in [0.1, 0.15) is 0 Å². The first-order valence-electron chi connectivity index (χ1n) is 4.44. The molecule has 1 fully saturated rings. The summed E-state index contributed by atoms with van der Waals surface area (Å²) < 4.78 is 36.6. The summed E-state index contributed by atoms with van der Waals surface area (Å²) in [6.45, 7) is 0.675. The molecule has 6 heteroatoms. The molecule has 3 nitrogen and oxygen atoms in total. The zero-order chi connectivity index (χ0) is 10.8. The number of alkyl halides is 3. The molecule has 0 bridgehead atoms. The number of hydrogen-bond acceptors (Lipinski definition) is 2. The molecule has 0 spiro atoms. The highest BCUT2D eigenvalue weighted by Gasteiger charge is 2.46. The van der Waals surface area contributed by atoms with Gasteiger partial charge in [0.05, 0.1) is 0 Å². The van der Waals surface area contributed by atoms with Crippen LogP contribution in [0, 0.1) is 5.92 Å². The molecule has 1 saturated heterocycles. The SMILES string of the molecule is O=C(O)C(CC1CCCN1)C(F)(F)F. The monoisotopic (exact) mass is 211 g/mol. The van der Waals surface area contributed by atoms with E-state index >= 15 is 0 Å². The molecular formula is C8H12F3NO2.